The average Bonchev–Trinajstić information content (AvgIpc) is 3.06. The first-order valence-electron chi connectivity index (χ1n) is 8.71. The summed E-state index contributed by atoms with van der Waals surface area (Å²) < 4.78 is 1.68. The molecule has 1 N–H and O–H groups in total. The van der Waals surface area contributed by atoms with Gasteiger partial charge in [-0.3, -0.25) is 4.79 Å². The Bertz CT molecular complexity index is 973. The van der Waals surface area contributed by atoms with Crippen molar-refractivity contribution in [1.29, 1.82) is 0 Å². The van der Waals surface area contributed by atoms with E-state index in [1.807, 2.05) is 39.8 Å². The summed E-state index contributed by atoms with van der Waals surface area (Å²) in [4.78, 5) is 12.5. The second-order valence-electron chi connectivity index (χ2n) is 6.77. The van der Waals surface area contributed by atoms with Crippen LogP contribution in [0, 0.1) is 34.6 Å². The quantitative estimate of drug-likeness (QED) is 0.678. The van der Waals surface area contributed by atoms with E-state index in [1.165, 1.54) is 17.3 Å². The summed E-state index contributed by atoms with van der Waals surface area (Å²) >= 11 is 1.32. The fourth-order valence-corrected chi connectivity index (χ4v) is 3.73. The SMILES string of the molecule is Cc1cc(C)c(NC(=O)CSc2nnnn2-c2cc(C)ccc2C)c(C)c1. The first-order chi connectivity index (χ1) is 12.8. The molecule has 6 nitrogen and oxygen atoms in total. The standard InChI is InChI=1S/C20H23N5OS/c1-12-6-7-14(3)17(10-12)25-20(22-23-24-25)27-11-18(26)21-19-15(4)8-13(2)9-16(19)5/h6-10H,11H2,1-5H3,(H,21,26). The molecule has 0 aliphatic carbocycles. The zero-order chi connectivity index (χ0) is 19.6. The van der Waals surface area contributed by atoms with Gasteiger partial charge in [-0.05, 0) is 73.4 Å². The fraction of sp³-hybridized carbons (Fsp3) is 0.300. The number of benzene rings is 2. The number of nitrogens with zero attached hydrogens (tertiary/aromatic N) is 4. The van der Waals surface area contributed by atoms with Crippen LogP contribution in [0.1, 0.15) is 27.8 Å². The van der Waals surface area contributed by atoms with Crippen molar-refractivity contribution in [3.8, 4) is 5.69 Å². The van der Waals surface area contributed by atoms with E-state index in [2.05, 4.69) is 46.0 Å². The molecule has 1 heterocycles. The third-order valence-corrected chi connectivity index (χ3v) is 5.23. The van der Waals surface area contributed by atoms with Crippen LogP contribution in [0.3, 0.4) is 0 Å². The minimum Gasteiger partial charge on any atom is -0.325 e. The average molecular weight is 382 g/mol. The number of aromatic nitrogens is 4. The largest absolute Gasteiger partial charge is 0.325 e. The Hall–Kier alpha value is -2.67. The van der Waals surface area contributed by atoms with Gasteiger partial charge in [-0.25, -0.2) is 0 Å². The number of rotatable bonds is 5. The Balaban J connectivity index is 1.72. The molecule has 0 spiro atoms. The van der Waals surface area contributed by atoms with E-state index in [1.54, 1.807) is 4.68 Å². The summed E-state index contributed by atoms with van der Waals surface area (Å²) in [5.74, 6) is 0.156. The number of nitrogens with one attached hydrogen (secondary N) is 1. The molecule has 140 valence electrons. The van der Waals surface area contributed by atoms with Gasteiger partial charge in [-0.1, -0.05) is 41.6 Å². The van der Waals surface area contributed by atoms with Gasteiger partial charge in [0.1, 0.15) is 0 Å². The smallest absolute Gasteiger partial charge is 0.234 e. The Kier molecular flexibility index (Phi) is 5.60. The second-order valence-corrected chi connectivity index (χ2v) is 7.72. The van der Waals surface area contributed by atoms with Gasteiger partial charge in [-0.15, -0.1) is 5.10 Å². The molecule has 0 unspecified atom stereocenters. The van der Waals surface area contributed by atoms with Crippen molar-refractivity contribution in [1.82, 2.24) is 20.2 Å². The fourth-order valence-electron chi connectivity index (χ4n) is 3.05. The molecule has 0 aliphatic rings. The Morgan fingerprint density at radius 2 is 1.70 bits per heavy atom. The van der Waals surface area contributed by atoms with E-state index in [0.717, 1.165) is 33.6 Å². The van der Waals surface area contributed by atoms with Crippen LogP contribution in [-0.2, 0) is 4.79 Å². The number of hydrogen-bond donors (Lipinski definition) is 1. The maximum Gasteiger partial charge on any atom is 0.234 e. The maximum atomic E-state index is 12.5. The number of thioether (sulfide) groups is 1. The predicted molar refractivity (Wildman–Crippen MR) is 109 cm³/mol. The molecule has 27 heavy (non-hydrogen) atoms. The van der Waals surface area contributed by atoms with Crippen LogP contribution in [0.2, 0.25) is 0 Å². The highest BCUT2D eigenvalue weighted by Gasteiger charge is 2.14. The molecule has 7 heteroatoms. The van der Waals surface area contributed by atoms with Gasteiger partial charge >= 0.3 is 0 Å². The van der Waals surface area contributed by atoms with Crippen molar-refractivity contribution >= 4 is 23.4 Å². The molecule has 0 atom stereocenters. The lowest BCUT2D eigenvalue weighted by molar-refractivity contribution is -0.113. The molecule has 3 rings (SSSR count). The second kappa shape index (κ2) is 7.92. The van der Waals surface area contributed by atoms with E-state index >= 15 is 0 Å². The third kappa shape index (κ3) is 4.36. The molecular weight excluding hydrogens is 358 g/mol. The molecule has 0 saturated heterocycles. The predicted octanol–water partition coefficient (Wildman–Crippen LogP) is 3.94. The minimum atomic E-state index is -0.0782. The van der Waals surface area contributed by atoms with E-state index in [-0.39, 0.29) is 11.7 Å². The number of carbonyl (C=O) groups is 1. The minimum absolute atomic E-state index is 0.0782. The van der Waals surface area contributed by atoms with Crippen LogP contribution in [0.25, 0.3) is 5.69 Å². The Morgan fingerprint density at radius 1 is 1.00 bits per heavy atom. The Morgan fingerprint density at radius 3 is 2.41 bits per heavy atom. The van der Waals surface area contributed by atoms with Crippen molar-refractivity contribution in [2.24, 2.45) is 0 Å². The van der Waals surface area contributed by atoms with E-state index < -0.39 is 0 Å². The van der Waals surface area contributed by atoms with Crippen molar-refractivity contribution in [2.45, 2.75) is 39.8 Å². The van der Waals surface area contributed by atoms with Crippen molar-refractivity contribution in [3.05, 3.63) is 58.1 Å². The monoisotopic (exact) mass is 381 g/mol. The topological polar surface area (TPSA) is 72.7 Å². The van der Waals surface area contributed by atoms with Gasteiger partial charge < -0.3 is 5.32 Å². The van der Waals surface area contributed by atoms with Crippen LogP contribution in [-0.4, -0.2) is 31.9 Å². The Labute approximate surface area is 163 Å². The van der Waals surface area contributed by atoms with E-state index in [9.17, 15) is 4.79 Å². The summed E-state index contributed by atoms with van der Waals surface area (Å²) in [5, 5.41) is 15.5. The summed E-state index contributed by atoms with van der Waals surface area (Å²) in [6.07, 6.45) is 0. The zero-order valence-corrected chi connectivity index (χ0v) is 17.0. The molecular formula is C20H23N5OS. The maximum absolute atomic E-state index is 12.5. The first kappa shape index (κ1) is 19.1. The molecule has 3 aromatic rings. The van der Waals surface area contributed by atoms with Crippen molar-refractivity contribution in [3.63, 3.8) is 0 Å². The normalized spacial score (nSPS) is 10.9. The van der Waals surface area contributed by atoms with Crippen LogP contribution in [0.4, 0.5) is 5.69 Å². The van der Waals surface area contributed by atoms with Crippen LogP contribution in [0.15, 0.2) is 35.5 Å². The third-order valence-electron chi connectivity index (χ3n) is 4.31. The lowest BCUT2D eigenvalue weighted by atomic mass is 10.1. The number of anilines is 1. The highest BCUT2D eigenvalue weighted by atomic mass is 32.2. The summed E-state index contributed by atoms with van der Waals surface area (Å²) in [5.41, 5.74) is 7.31. The van der Waals surface area contributed by atoms with E-state index in [4.69, 9.17) is 0 Å². The highest BCUT2D eigenvalue weighted by molar-refractivity contribution is 7.99. The lowest BCUT2D eigenvalue weighted by Gasteiger charge is -2.13. The van der Waals surface area contributed by atoms with E-state index in [0.29, 0.717) is 5.16 Å². The summed E-state index contributed by atoms with van der Waals surface area (Å²) in [6.45, 7) is 10.1. The molecule has 1 aromatic heterocycles. The zero-order valence-electron chi connectivity index (χ0n) is 16.2. The molecule has 0 bridgehead atoms. The number of aryl methyl sites for hydroxylation is 5. The number of tetrazole rings is 1. The molecule has 0 saturated carbocycles. The number of hydrogen-bond acceptors (Lipinski definition) is 5. The molecule has 1 amide bonds. The van der Waals surface area contributed by atoms with Gasteiger partial charge in [0.15, 0.2) is 0 Å². The highest BCUT2D eigenvalue weighted by Crippen LogP contribution is 2.24. The van der Waals surface area contributed by atoms with Crippen molar-refractivity contribution < 1.29 is 4.79 Å². The van der Waals surface area contributed by atoms with Crippen molar-refractivity contribution in [2.75, 3.05) is 11.1 Å². The molecule has 2 aromatic carbocycles. The summed E-state index contributed by atoms with van der Waals surface area (Å²) in [6, 6.07) is 10.3. The first-order valence-corrected chi connectivity index (χ1v) is 9.70. The van der Waals surface area contributed by atoms with Gasteiger partial charge in [0, 0.05) is 5.69 Å². The number of amides is 1. The van der Waals surface area contributed by atoms with Crippen LogP contribution in [0.5, 0.6) is 0 Å². The van der Waals surface area contributed by atoms with Gasteiger partial charge in [0.2, 0.25) is 11.1 Å². The molecule has 0 radical (unpaired) electrons. The van der Waals surface area contributed by atoms with Gasteiger partial charge in [0.05, 0.1) is 11.4 Å². The van der Waals surface area contributed by atoms with Gasteiger partial charge in [0.25, 0.3) is 0 Å². The molecule has 0 aliphatic heterocycles. The number of carbonyl (C=O) groups excluding carboxylic acids is 1. The van der Waals surface area contributed by atoms with Crippen LogP contribution < -0.4 is 5.32 Å². The van der Waals surface area contributed by atoms with Gasteiger partial charge in [-0.2, -0.15) is 4.68 Å². The van der Waals surface area contributed by atoms with Crippen LogP contribution >= 0.6 is 11.8 Å². The summed E-state index contributed by atoms with van der Waals surface area (Å²) in [7, 11) is 0. The lowest BCUT2D eigenvalue weighted by Crippen LogP contribution is -2.16. The molecule has 0 fully saturated rings.